The molecule has 4 aromatic rings. The molecule has 1 aliphatic rings. The molecular weight excluding hydrogens is 366 g/mol. The van der Waals surface area contributed by atoms with Gasteiger partial charge in [0.2, 0.25) is 0 Å². The first-order valence-electron chi connectivity index (χ1n) is 9.74. The summed E-state index contributed by atoms with van der Waals surface area (Å²) in [6, 6.07) is 12.0. The van der Waals surface area contributed by atoms with Crippen LogP contribution in [0.4, 0.5) is 0 Å². The highest BCUT2D eigenvalue weighted by molar-refractivity contribution is 5.96. The lowest BCUT2D eigenvalue weighted by atomic mass is 9.90. The van der Waals surface area contributed by atoms with Gasteiger partial charge in [-0.15, -0.1) is 5.10 Å². The third-order valence-corrected chi connectivity index (χ3v) is 5.56. The molecule has 1 aromatic carbocycles. The maximum atomic E-state index is 13.1. The molecule has 0 unspecified atom stereocenters. The van der Waals surface area contributed by atoms with Crippen molar-refractivity contribution < 1.29 is 4.79 Å². The van der Waals surface area contributed by atoms with E-state index < -0.39 is 0 Å². The Bertz CT molecular complexity index is 1160. The van der Waals surface area contributed by atoms with E-state index >= 15 is 0 Å². The summed E-state index contributed by atoms with van der Waals surface area (Å²) in [5.74, 6) is 0.203. The number of aromatic nitrogens is 6. The van der Waals surface area contributed by atoms with Gasteiger partial charge in [-0.2, -0.15) is 5.10 Å². The first-order valence-corrected chi connectivity index (χ1v) is 9.74. The average Bonchev–Trinajstić information content (AvgIpc) is 3.41. The maximum absolute atomic E-state index is 13.1. The molecule has 1 fully saturated rings. The van der Waals surface area contributed by atoms with E-state index in [9.17, 15) is 4.79 Å². The number of aromatic amines is 1. The van der Waals surface area contributed by atoms with Crippen molar-refractivity contribution >= 4 is 17.1 Å². The number of carbonyl (C=O) groups excluding carboxylic acids is 1. The fraction of sp³-hybridized carbons (Fsp3) is 0.286. The zero-order valence-corrected chi connectivity index (χ0v) is 16.1. The smallest absolute Gasteiger partial charge is 0.255 e. The highest BCUT2D eigenvalue weighted by Crippen LogP contribution is 2.33. The molecule has 0 spiro atoms. The molecule has 3 aromatic heterocycles. The van der Waals surface area contributed by atoms with Gasteiger partial charge in [-0.25, -0.2) is 9.67 Å². The molecule has 4 heterocycles. The van der Waals surface area contributed by atoms with E-state index in [1.165, 1.54) is 0 Å². The van der Waals surface area contributed by atoms with Crippen LogP contribution in [-0.4, -0.2) is 54.1 Å². The normalized spacial score (nSPS) is 17.0. The van der Waals surface area contributed by atoms with Crippen LogP contribution >= 0.6 is 0 Å². The summed E-state index contributed by atoms with van der Waals surface area (Å²) in [5.41, 5.74) is 5.18. The zero-order chi connectivity index (χ0) is 19.8. The van der Waals surface area contributed by atoms with E-state index in [-0.39, 0.29) is 11.8 Å². The van der Waals surface area contributed by atoms with Crippen LogP contribution in [0, 0.1) is 0 Å². The maximum Gasteiger partial charge on any atom is 0.255 e. The number of piperidine rings is 1. The second-order valence-electron chi connectivity index (χ2n) is 7.43. The fourth-order valence-corrected chi connectivity index (χ4v) is 4.08. The number of pyridine rings is 1. The van der Waals surface area contributed by atoms with E-state index in [2.05, 4.69) is 37.6 Å². The van der Waals surface area contributed by atoms with Gasteiger partial charge in [-0.05, 0) is 24.5 Å². The predicted octanol–water partition coefficient (Wildman–Crippen LogP) is 2.77. The topological polar surface area (TPSA) is 92.6 Å². The largest absolute Gasteiger partial charge is 0.338 e. The molecular formula is C21H21N7O. The molecule has 0 bridgehead atoms. The Morgan fingerprint density at radius 2 is 2.07 bits per heavy atom. The number of carbonyl (C=O) groups is 1. The zero-order valence-electron chi connectivity index (χ0n) is 16.1. The summed E-state index contributed by atoms with van der Waals surface area (Å²) < 4.78 is 1.60. The van der Waals surface area contributed by atoms with E-state index in [0.717, 1.165) is 36.2 Å². The second-order valence-corrected chi connectivity index (χ2v) is 7.43. The minimum Gasteiger partial charge on any atom is -0.338 e. The monoisotopic (exact) mass is 387 g/mol. The Morgan fingerprint density at radius 1 is 1.21 bits per heavy atom. The van der Waals surface area contributed by atoms with Crippen molar-refractivity contribution in [1.82, 2.24) is 35.1 Å². The molecule has 1 saturated heterocycles. The third-order valence-electron chi connectivity index (χ3n) is 5.56. The standard InChI is InChI=1S/C21H21N7O/c1-27-20-18(24-26-27)10-16(11-22-20)21(29)28-9-5-8-15(13-28)19-17(12-23-25-19)14-6-3-2-4-7-14/h2-4,6-7,10-12,15H,5,8-9,13H2,1H3,(H,23,25)/t15-/m1/s1. The molecule has 1 aliphatic heterocycles. The number of amides is 1. The molecule has 0 aliphatic carbocycles. The number of benzene rings is 1. The minimum absolute atomic E-state index is 0.0180. The Hall–Kier alpha value is -3.55. The molecule has 0 saturated carbocycles. The number of likely N-dealkylation sites (tertiary alicyclic amines) is 1. The first kappa shape index (κ1) is 17.5. The Labute approximate surface area is 167 Å². The molecule has 5 rings (SSSR count). The van der Waals surface area contributed by atoms with Crippen LogP contribution in [0.15, 0.2) is 48.8 Å². The quantitative estimate of drug-likeness (QED) is 0.583. The number of nitrogens with one attached hydrogen (secondary N) is 1. The van der Waals surface area contributed by atoms with E-state index in [0.29, 0.717) is 23.3 Å². The molecule has 1 atom stereocenters. The summed E-state index contributed by atoms with van der Waals surface area (Å²) in [4.78, 5) is 19.4. The fourth-order valence-electron chi connectivity index (χ4n) is 4.08. The van der Waals surface area contributed by atoms with Gasteiger partial charge < -0.3 is 4.90 Å². The molecule has 1 N–H and O–H groups in total. The molecule has 1 amide bonds. The minimum atomic E-state index is -0.0180. The van der Waals surface area contributed by atoms with Gasteiger partial charge in [-0.1, -0.05) is 35.5 Å². The number of hydrogen-bond donors (Lipinski definition) is 1. The van der Waals surface area contributed by atoms with Crippen LogP contribution in [0.3, 0.4) is 0 Å². The van der Waals surface area contributed by atoms with Gasteiger partial charge in [0, 0.05) is 43.5 Å². The molecule has 8 heteroatoms. The number of hydrogen-bond acceptors (Lipinski definition) is 5. The highest BCUT2D eigenvalue weighted by atomic mass is 16.2. The van der Waals surface area contributed by atoms with Crippen LogP contribution in [0.1, 0.15) is 34.8 Å². The number of H-pyrrole nitrogens is 1. The lowest BCUT2D eigenvalue weighted by Crippen LogP contribution is -2.39. The molecule has 29 heavy (non-hydrogen) atoms. The van der Waals surface area contributed by atoms with Crippen LogP contribution in [0.2, 0.25) is 0 Å². The van der Waals surface area contributed by atoms with Gasteiger partial charge in [0.05, 0.1) is 11.8 Å². The summed E-state index contributed by atoms with van der Waals surface area (Å²) in [5, 5.41) is 15.5. The molecule has 146 valence electrons. The van der Waals surface area contributed by atoms with Crippen molar-refractivity contribution in [2.24, 2.45) is 7.05 Å². The number of nitrogens with zero attached hydrogens (tertiary/aromatic N) is 6. The predicted molar refractivity (Wildman–Crippen MR) is 108 cm³/mol. The SMILES string of the molecule is Cn1nnc2cc(C(=O)N3CCC[C@@H](c4[nH]ncc4-c4ccccc4)C3)cnc21. The number of rotatable bonds is 3. The molecule has 8 nitrogen and oxygen atoms in total. The van der Waals surface area contributed by atoms with Gasteiger partial charge in [0.1, 0.15) is 5.52 Å². The Balaban J connectivity index is 1.39. The van der Waals surface area contributed by atoms with Crippen molar-refractivity contribution in [2.75, 3.05) is 13.1 Å². The van der Waals surface area contributed by atoms with Gasteiger partial charge in [0.25, 0.3) is 5.91 Å². The Morgan fingerprint density at radius 3 is 2.93 bits per heavy atom. The van der Waals surface area contributed by atoms with Crippen LogP contribution in [0.5, 0.6) is 0 Å². The Kier molecular flexibility index (Phi) is 4.31. The number of fused-ring (bicyclic) bond motifs is 1. The molecule has 0 radical (unpaired) electrons. The van der Waals surface area contributed by atoms with Gasteiger partial charge in [-0.3, -0.25) is 9.89 Å². The van der Waals surface area contributed by atoms with E-state index in [4.69, 9.17) is 0 Å². The van der Waals surface area contributed by atoms with E-state index in [1.807, 2.05) is 29.3 Å². The van der Waals surface area contributed by atoms with Crippen molar-refractivity contribution in [3.8, 4) is 11.1 Å². The van der Waals surface area contributed by atoms with Gasteiger partial charge in [0.15, 0.2) is 5.65 Å². The van der Waals surface area contributed by atoms with Gasteiger partial charge >= 0.3 is 0 Å². The van der Waals surface area contributed by atoms with Crippen molar-refractivity contribution in [1.29, 1.82) is 0 Å². The summed E-state index contributed by atoms with van der Waals surface area (Å²) in [7, 11) is 1.79. The van der Waals surface area contributed by atoms with E-state index in [1.54, 1.807) is 24.0 Å². The van der Waals surface area contributed by atoms with Crippen LogP contribution < -0.4 is 0 Å². The second kappa shape index (κ2) is 7.12. The lowest BCUT2D eigenvalue weighted by molar-refractivity contribution is 0.0705. The number of aryl methyl sites for hydroxylation is 1. The van der Waals surface area contributed by atoms with Crippen LogP contribution in [-0.2, 0) is 7.05 Å². The van der Waals surface area contributed by atoms with Crippen molar-refractivity contribution in [2.45, 2.75) is 18.8 Å². The van der Waals surface area contributed by atoms with Crippen LogP contribution in [0.25, 0.3) is 22.3 Å². The summed E-state index contributed by atoms with van der Waals surface area (Å²) in [6.45, 7) is 1.39. The van der Waals surface area contributed by atoms with Crippen molar-refractivity contribution in [3.05, 3.63) is 60.0 Å². The third kappa shape index (κ3) is 3.16. The summed E-state index contributed by atoms with van der Waals surface area (Å²) >= 11 is 0. The van der Waals surface area contributed by atoms with Crippen molar-refractivity contribution in [3.63, 3.8) is 0 Å². The first-order chi connectivity index (χ1) is 14.2. The lowest BCUT2D eigenvalue weighted by Gasteiger charge is -2.32. The highest BCUT2D eigenvalue weighted by Gasteiger charge is 2.28. The average molecular weight is 387 g/mol. The summed E-state index contributed by atoms with van der Waals surface area (Å²) in [6.07, 6.45) is 5.46.